The minimum Gasteiger partial charge on any atom is -0.356 e. The molecule has 1 atom stereocenters. The Morgan fingerprint density at radius 2 is 1.94 bits per heavy atom. The molecule has 0 aliphatic carbocycles. The third kappa shape index (κ3) is 10.2. The summed E-state index contributed by atoms with van der Waals surface area (Å²) in [6.45, 7) is 3.99. The topological polar surface area (TPSA) is 36.4 Å². The summed E-state index contributed by atoms with van der Waals surface area (Å²) in [7, 11) is 1.56. The molecule has 0 radical (unpaired) electrons. The van der Waals surface area contributed by atoms with Crippen molar-refractivity contribution in [2.24, 2.45) is 4.99 Å². The SMILES string of the molecule is CCCCCC(C)NC(=NC)NCCC(F)(F)F. The molecule has 18 heavy (non-hydrogen) atoms. The Labute approximate surface area is 107 Å². The maximum atomic E-state index is 12.0. The van der Waals surface area contributed by atoms with E-state index >= 15 is 0 Å². The number of hydrogen-bond donors (Lipinski definition) is 2. The Morgan fingerprint density at radius 1 is 1.28 bits per heavy atom. The van der Waals surface area contributed by atoms with Crippen LogP contribution in [0.3, 0.4) is 0 Å². The van der Waals surface area contributed by atoms with Crippen molar-refractivity contribution in [1.29, 1.82) is 0 Å². The molecule has 0 aromatic carbocycles. The Kier molecular flexibility index (Phi) is 8.58. The van der Waals surface area contributed by atoms with Crippen molar-refractivity contribution in [3.63, 3.8) is 0 Å². The molecule has 0 rings (SSSR count). The van der Waals surface area contributed by atoms with Crippen molar-refractivity contribution in [3.8, 4) is 0 Å². The van der Waals surface area contributed by atoms with Gasteiger partial charge in [0.25, 0.3) is 0 Å². The van der Waals surface area contributed by atoms with E-state index in [2.05, 4.69) is 22.5 Å². The molecule has 3 nitrogen and oxygen atoms in total. The van der Waals surface area contributed by atoms with Gasteiger partial charge in [-0.3, -0.25) is 4.99 Å². The lowest BCUT2D eigenvalue weighted by atomic mass is 10.1. The van der Waals surface area contributed by atoms with Gasteiger partial charge in [-0.2, -0.15) is 13.2 Å². The maximum absolute atomic E-state index is 12.0. The highest BCUT2D eigenvalue weighted by molar-refractivity contribution is 5.79. The van der Waals surface area contributed by atoms with E-state index in [9.17, 15) is 13.2 Å². The predicted molar refractivity (Wildman–Crippen MR) is 68.8 cm³/mol. The molecule has 6 heteroatoms. The van der Waals surface area contributed by atoms with Crippen LogP contribution in [0, 0.1) is 0 Å². The normalized spacial score (nSPS) is 14.4. The number of unbranched alkanes of at least 4 members (excludes halogenated alkanes) is 2. The molecule has 0 fully saturated rings. The van der Waals surface area contributed by atoms with E-state index < -0.39 is 12.6 Å². The number of aliphatic imine (C=N–C) groups is 1. The van der Waals surface area contributed by atoms with E-state index in [-0.39, 0.29) is 12.6 Å². The fourth-order valence-corrected chi connectivity index (χ4v) is 1.52. The summed E-state index contributed by atoms with van der Waals surface area (Å²) in [5.41, 5.74) is 0. The van der Waals surface area contributed by atoms with E-state index in [1.54, 1.807) is 7.05 Å². The molecule has 0 amide bonds. The van der Waals surface area contributed by atoms with Crippen molar-refractivity contribution >= 4 is 5.96 Å². The lowest BCUT2D eigenvalue weighted by Gasteiger charge is -2.18. The van der Waals surface area contributed by atoms with Crippen LogP contribution >= 0.6 is 0 Å². The highest BCUT2D eigenvalue weighted by Gasteiger charge is 2.26. The molecule has 1 unspecified atom stereocenters. The number of nitrogens with zero attached hydrogens (tertiary/aromatic N) is 1. The first-order chi connectivity index (χ1) is 8.39. The summed E-state index contributed by atoms with van der Waals surface area (Å²) in [6.07, 6.45) is -0.536. The molecule has 0 aromatic heterocycles. The van der Waals surface area contributed by atoms with Crippen LogP contribution in [-0.4, -0.2) is 31.8 Å². The van der Waals surface area contributed by atoms with Gasteiger partial charge >= 0.3 is 6.18 Å². The van der Waals surface area contributed by atoms with E-state index in [1.165, 1.54) is 6.42 Å². The monoisotopic (exact) mass is 267 g/mol. The summed E-state index contributed by atoms with van der Waals surface area (Å²) >= 11 is 0. The third-order valence-electron chi connectivity index (χ3n) is 2.55. The van der Waals surface area contributed by atoms with E-state index in [1.807, 2.05) is 6.92 Å². The van der Waals surface area contributed by atoms with Crippen molar-refractivity contribution < 1.29 is 13.2 Å². The van der Waals surface area contributed by atoms with Gasteiger partial charge in [-0.05, 0) is 13.3 Å². The lowest BCUT2D eigenvalue weighted by Crippen LogP contribution is -2.43. The largest absolute Gasteiger partial charge is 0.390 e. The summed E-state index contributed by atoms with van der Waals surface area (Å²) in [5, 5.41) is 5.75. The molecule has 0 bridgehead atoms. The molecule has 0 saturated heterocycles. The van der Waals surface area contributed by atoms with E-state index in [0.29, 0.717) is 5.96 Å². The lowest BCUT2D eigenvalue weighted by molar-refractivity contribution is -0.132. The van der Waals surface area contributed by atoms with Crippen LogP contribution in [0.4, 0.5) is 13.2 Å². The molecule has 0 spiro atoms. The number of hydrogen-bond acceptors (Lipinski definition) is 1. The zero-order valence-corrected chi connectivity index (χ0v) is 11.4. The van der Waals surface area contributed by atoms with Crippen LogP contribution < -0.4 is 10.6 Å². The molecular weight excluding hydrogens is 243 g/mol. The third-order valence-corrected chi connectivity index (χ3v) is 2.55. The average Bonchev–Trinajstić information content (AvgIpc) is 2.26. The second-order valence-corrected chi connectivity index (χ2v) is 4.41. The van der Waals surface area contributed by atoms with Crippen molar-refractivity contribution in [1.82, 2.24) is 10.6 Å². The molecule has 0 aliphatic rings. The van der Waals surface area contributed by atoms with Gasteiger partial charge in [-0.25, -0.2) is 0 Å². The maximum Gasteiger partial charge on any atom is 0.390 e. The Hall–Kier alpha value is -0.940. The number of guanidine groups is 1. The number of alkyl halides is 3. The van der Waals surface area contributed by atoms with Crippen molar-refractivity contribution in [3.05, 3.63) is 0 Å². The van der Waals surface area contributed by atoms with Crippen molar-refractivity contribution in [2.45, 2.75) is 58.2 Å². The van der Waals surface area contributed by atoms with E-state index in [4.69, 9.17) is 0 Å². The minimum absolute atomic E-state index is 0.148. The standard InChI is InChI=1S/C12H24F3N3/c1-4-5-6-7-10(2)18-11(16-3)17-9-8-12(13,14)15/h10H,4-9H2,1-3H3,(H2,16,17,18). The molecule has 0 aromatic rings. The highest BCUT2D eigenvalue weighted by atomic mass is 19.4. The summed E-state index contributed by atoms with van der Waals surface area (Å²) in [6, 6.07) is 0.216. The number of halogens is 3. The average molecular weight is 267 g/mol. The van der Waals surface area contributed by atoms with Gasteiger partial charge in [-0.15, -0.1) is 0 Å². The van der Waals surface area contributed by atoms with Crippen molar-refractivity contribution in [2.75, 3.05) is 13.6 Å². The fourth-order valence-electron chi connectivity index (χ4n) is 1.52. The Bertz CT molecular complexity index is 239. The summed E-state index contributed by atoms with van der Waals surface area (Å²) in [4.78, 5) is 3.90. The quantitative estimate of drug-likeness (QED) is 0.422. The molecule has 2 N–H and O–H groups in total. The molecule has 0 heterocycles. The zero-order chi connectivity index (χ0) is 14.0. The number of rotatable bonds is 7. The van der Waals surface area contributed by atoms with Gasteiger partial charge in [0.1, 0.15) is 0 Å². The first kappa shape index (κ1) is 17.1. The first-order valence-electron chi connectivity index (χ1n) is 6.43. The van der Waals surface area contributed by atoms with Gasteiger partial charge in [0.2, 0.25) is 0 Å². The van der Waals surface area contributed by atoms with Gasteiger partial charge in [0, 0.05) is 19.6 Å². The summed E-state index contributed by atoms with van der Waals surface area (Å²) < 4.78 is 35.9. The van der Waals surface area contributed by atoms with E-state index in [0.717, 1.165) is 19.3 Å². The van der Waals surface area contributed by atoms with Crippen LogP contribution in [0.15, 0.2) is 4.99 Å². The smallest absolute Gasteiger partial charge is 0.356 e. The predicted octanol–water partition coefficient (Wildman–Crippen LogP) is 3.07. The Morgan fingerprint density at radius 3 is 2.44 bits per heavy atom. The van der Waals surface area contributed by atoms with Crippen LogP contribution in [0.2, 0.25) is 0 Å². The first-order valence-corrected chi connectivity index (χ1v) is 6.43. The van der Waals surface area contributed by atoms with Gasteiger partial charge < -0.3 is 10.6 Å². The minimum atomic E-state index is -4.13. The second kappa shape index (κ2) is 9.05. The van der Waals surface area contributed by atoms with Gasteiger partial charge in [0.05, 0.1) is 6.42 Å². The zero-order valence-electron chi connectivity index (χ0n) is 11.4. The molecule has 0 aliphatic heterocycles. The molecule has 0 saturated carbocycles. The Balaban J connectivity index is 3.83. The van der Waals surface area contributed by atoms with Crippen LogP contribution in [0.25, 0.3) is 0 Å². The van der Waals surface area contributed by atoms with Gasteiger partial charge in [0.15, 0.2) is 5.96 Å². The second-order valence-electron chi connectivity index (χ2n) is 4.41. The number of nitrogens with one attached hydrogen (secondary N) is 2. The van der Waals surface area contributed by atoms with Crippen LogP contribution in [-0.2, 0) is 0 Å². The van der Waals surface area contributed by atoms with Gasteiger partial charge in [-0.1, -0.05) is 26.2 Å². The summed E-state index contributed by atoms with van der Waals surface area (Å²) in [5.74, 6) is 0.434. The van der Waals surface area contributed by atoms with Crippen LogP contribution in [0.1, 0.15) is 46.0 Å². The molecular formula is C12H24F3N3. The fraction of sp³-hybridized carbons (Fsp3) is 0.917. The highest BCUT2D eigenvalue weighted by Crippen LogP contribution is 2.18. The van der Waals surface area contributed by atoms with Crippen LogP contribution in [0.5, 0.6) is 0 Å². The molecule has 108 valence electrons.